The molecule has 2 rings (SSSR count). The van der Waals surface area contributed by atoms with Gasteiger partial charge in [-0.15, -0.1) is 0 Å². The van der Waals surface area contributed by atoms with Gasteiger partial charge in [0, 0.05) is 23.9 Å². The fraction of sp³-hybridized carbons (Fsp3) is 0.278. The van der Waals surface area contributed by atoms with E-state index < -0.39 is 29.6 Å². The first-order valence-electron chi connectivity index (χ1n) is 7.73. The van der Waals surface area contributed by atoms with E-state index in [1.54, 1.807) is 12.3 Å². The molecule has 1 atom stereocenters. The molecule has 0 aliphatic heterocycles. The van der Waals surface area contributed by atoms with Crippen LogP contribution in [0, 0.1) is 11.6 Å². The van der Waals surface area contributed by atoms with E-state index in [-0.39, 0.29) is 12.0 Å². The van der Waals surface area contributed by atoms with Crippen molar-refractivity contribution < 1.29 is 23.1 Å². The number of aryl methyl sites for hydroxylation is 1. The molecule has 1 aromatic heterocycles. The van der Waals surface area contributed by atoms with E-state index >= 15 is 0 Å². The van der Waals surface area contributed by atoms with Crippen LogP contribution < -0.4 is 5.32 Å². The minimum absolute atomic E-state index is 0.112. The molecule has 1 aromatic carbocycles. The molecular weight excluding hydrogens is 330 g/mol. The van der Waals surface area contributed by atoms with Crippen molar-refractivity contribution in [2.45, 2.75) is 25.3 Å². The van der Waals surface area contributed by atoms with Crippen LogP contribution >= 0.6 is 0 Å². The highest BCUT2D eigenvalue weighted by Crippen LogP contribution is 2.20. The number of hydrogen-bond donors (Lipinski definition) is 1. The fourth-order valence-electron chi connectivity index (χ4n) is 2.33. The highest BCUT2D eigenvalue weighted by atomic mass is 19.1. The molecule has 1 N–H and O–H groups in total. The van der Waals surface area contributed by atoms with E-state index in [2.05, 4.69) is 15.0 Å². The highest BCUT2D eigenvalue weighted by molar-refractivity contribution is 5.85. The molecule has 1 heterocycles. The lowest BCUT2D eigenvalue weighted by atomic mass is 10.1. The number of carbonyl (C=O) groups is 2. The van der Waals surface area contributed by atoms with Gasteiger partial charge in [0.1, 0.15) is 11.6 Å². The Bertz CT molecular complexity index is 738. The number of ether oxygens (including phenoxy) is 1. The number of methoxy groups -OCH3 is 1. The van der Waals surface area contributed by atoms with Crippen molar-refractivity contribution in [1.29, 1.82) is 0 Å². The van der Waals surface area contributed by atoms with Crippen LogP contribution in [0.2, 0.25) is 0 Å². The summed E-state index contributed by atoms with van der Waals surface area (Å²) in [6, 6.07) is 6.79. The highest BCUT2D eigenvalue weighted by Gasteiger charge is 2.26. The van der Waals surface area contributed by atoms with Gasteiger partial charge in [-0.1, -0.05) is 6.07 Å². The number of nitrogens with zero attached hydrogens (tertiary/aromatic N) is 1. The standard InChI is InChI=1S/C18H18F2N2O3/c1-25-18(24)17(14-11-12(19)8-9-15(14)20)22-16(23)7-4-6-13-5-2-3-10-21-13/h2-3,5,8-11,17H,4,6-7H2,1H3,(H,22,23)/t17-/m1/s1. The summed E-state index contributed by atoms with van der Waals surface area (Å²) < 4.78 is 31.9. The molecule has 0 radical (unpaired) electrons. The van der Waals surface area contributed by atoms with Gasteiger partial charge in [0.05, 0.1) is 7.11 Å². The average molecular weight is 348 g/mol. The molecule has 0 aliphatic carbocycles. The Labute approximate surface area is 144 Å². The number of benzene rings is 1. The third-order valence-corrected chi connectivity index (χ3v) is 3.57. The topological polar surface area (TPSA) is 68.3 Å². The molecule has 0 saturated heterocycles. The lowest BCUT2D eigenvalue weighted by Gasteiger charge is -2.17. The zero-order valence-electron chi connectivity index (χ0n) is 13.7. The van der Waals surface area contributed by atoms with Gasteiger partial charge in [-0.05, 0) is 43.2 Å². The number of hydrogen-bond acceptors (Lipinski definition) is 4. The van der Waals surface area contributed by atoms with E-state index in [4.69, 9.17) is 0 Å². The monoisotopic (exact) mass is 348 g/mol. The summed E-state index contributed by atoms with van der Waals surface area (Å²) in [6.45, 7) is 0. The van der Waals surface area contributed by atoms with Crippen molar-refractivity contribution in [2.75, 3.05) is 7.11 Å². The van der Waals surface area contributed by atoms with Crippen LogP contribution in [0.25, 0.3) is 0 Å². The lowest BCUT2D eigenvalue weighted by Crippen LogP contribution is -2.35. The maximum atomic E-state index is 13.9. The van der Waals surface area contributed by atoms with E-state index in [1.807, 2.05) is 12.1 Å². The maximum Gasteiger partial charge on any atom is 0.333 e. The average Bonchev–Trinajstić information content (AvgIpc) is 2.62. The molecule has 5 nitrogen and oxygen atoms in total. The number of pyridine rings is 1. The van der Waals surface area contributed by atoms with E-state index in [9.17, 15) is 18.4 Å². The molecule has 0 unspecified atom stereocenters. The van der Waals surface area contributed by atoms with Crippen LogP contribution in [-0.4, -0.2) is 24.0 Å². The van der Waals surface area contributed by atoms with Gasteiger partial charge < -0.3 is 10.1 Å². The minimum Gasteiger partial charge on any atom is -0.467 e. The second-order valence-corrected chi connectivity index (χ2v) is 5.36. The van der Waals surface area contributed by atoms with E-state index in [0.717, 1.165) is 31.0 Å². The Morgan fingerprint density at radius 2 is 2.04 bits per heavy atom. The van der Waals surface area contributed by atoms with Crippen molar-refractivity contribution >= 4 is 11.9 Å². The number of nitrogens with one attached hydrogen (secondary N) is 1. The molecular formula is C18H18F2N2O3. The molecule has 0 saturated carbocycles. The number of rotatable bonds is 7. The summed E-state index contributed by atoms with van der Waals surface area (Å²) in [5.74, 6) is -2.85. The van der Waals surface area contributed by atoms with Crippen LogP contribution in [-0.2, 0) is 20.7 Å². The first-order chi connectivity index (χ1) is 12.0. The van der Waals surface area contributed by atoms with Crippen molar-refractivity contribution in [1.82, 2.24) is 10.3 Å². The normalized spacial score (nSPS) is 11.6. The Morgan fingerprint density at radius 1 is 1.24 bits per heavy atom. The third kappa shape index (κ3) is 5.34. The van der Waals surface area contributed by atoms with E-state index in [1.165, 1.54) is 0 Å². The zero-order chi connectivity index (χ0) is 18.2. The van der Waals surface area contributed by atoms with Gasteiger partial charge in [-0.2, -0.15) is 0 Å². The number of halogens is 2. The molecule has 132 valence electrons. The number of esters is 1. The van der Waals surface area contributed by atoms with Gasteiger partial charge >= 0.3 is 5.97 Å². The van der Waals surface area contributed by atoms with Gasteiger partial charge in [0.25, 0.3) is 0 Å². The molecule has 0 bridgehead atoms. The quantitative estimate of drug-likeness (QED) is 0.781. The molecule has 25 heavy (non-hydrogen) atoms. The first-order valence-corrected chi connectivity index (χ1v) is 7.73. The van der Waals surface area contributed by atoms with Crippen LogP contribution in [0.4, 0.5) is 8.78 Å². The molecule has 0 aliphatic rings. The van der Waals surface area contributed by atoms with Crippen molar-refractivity contribution in [3.8, 4) is 0 Å². The molecule has 7 heteroatoms. The predicted molar refractivity (Wildman–Crippen MR) is 86.4 cm³/mol. The van der Waals surface area contributed by atoms with Crippen LogP contribution in [0.15, 0.2) is 42.6 Å². The van der Waals surface area contributed by atoms with Crippen molar-refractivity contribution in [3.05, 3.63) is 65.5 Å². The van der Waals surface area contributed by atoms with Gasteiger partial charge in [-0.25, -0.2) is 13.6 Å². The van der Waals surface area contributed by atoms with Gasteiger partial charge in [0.2, 0.25) is 5.91 Å². The van der Waals surface area contributed by atoms with Crippen molar-refractivity contribution in [2.24, 2.45) is 0 Å². The minimum atomic E-state index is -1.40. The second-order valence-electron chi connectivity index (χ2n) is 5.36. The number of carbonyl (C=O) groups excluding carboxylic acids is 2. The Hall–Kier alpha value is -2.83. The largest absolute Gasteiger partial charge is 0.467 e. The SMILES string of the molecule is COC(=O)[C@H](NC(=O)CCCc1ccccn1)c1cc(F)ccc1F. The zero-order valence-corrected chi connectivity index (χ0v) is 13.7. The lowest BCUT2D eigenvalue weighted by molar-refractivity contribution is -0.145. The predicted octanol–water partition coefficient (Wildman–Crippen LogP) is 2.71. The first kappa shape index (κ1) is 18.5. The van der Waals surface area contributed by atoms with Crippen LogP contribution in [0.1, 0.15) is 30.1 Å². The Kier molecular flexibility index (Phi) is 6.56. The summed E-state index contributed by atoms with van der Waals surface area (Å²) >= 11 is 0. The molecule has 2 aromatic rings. The Balaban J connectivity index is 2.00. The van der Waals surface area contributed by atoms with Crippen molar-refractivity contribution in [3.63, 3.8) is 0 Å². The number of amides is 1. The third-order valence-electron chi connectivity index (χ3n) is 3.57. The summed E-state index contributed by atoms with van der Waals surface area (Å²) in [5.41, 5.74) is 0.570. The Morgan fingerprint density at radius 3 is 2.72 bits per heavy atom. The van der Waals surface area contributed by atoms with Crippen LogP contribution in [0.3, 0.4) is 0 Å². The van der Waals surface area contributed by atoms with Gasteiger partial charge in [-0.3, -0.25) is 9.78 Å². The summed E-state index contributed by atoms with van der Waals surface area (Å²) in [7, 11) is 1.11. The summed E-state index contributed by atoms with van der Waals surface area (Å²) in [6.07, 6.45) is 2.87. The maximum absolute atomic E-state index is 13.9. The number of aromatic nitrogens is 1. The fourth-order valence-corrected chi connectivity index (χ4v) is 2.33. The molecule has 0 spiro atoms. The summed E-state index contributed by atoms with van der Waals surface area (Å²) in [4.78, 5) is 28.1. The molecule has 0 fully saturated rings. The smallest absolute Gasteiger partial charge is 0.333 e. The van der Waals surface area contributed by atoms with Gasteiger partial charge in [0.15, 0.2) is 6.04 Å². The van der Waals surface area contributed by atoms with Crippen LogP contribution in [0.5, 0.6) is 0 Å². The van der Waals surface area contributed by atoms with E-state index in [0.29, 0.717) is 12.8 Å². The second kappa shape index (κ2) is 8.86. The summed E-state index contributed by atoms with van der Waals surface area (Å²) in [5, 5.41) is 2.40. The molecule has 1 amide bonds.